The molecule has 1 heterocycles. The van der Waals surface area contributed by atoms with Crippen molar-refractivity contribution >= 4 is 5.97 Å². The second-order valence-corrected chi connectivity index (χ2v) is 5.73. The van der Waals surface area contributed by atoms with E-state index in [9.17, 15) is 15.0 Å². The van der Waals surface area contributed by atoms with Crippen molar-refractivity contribution in [2.24, 2.45) is 11.8 Å². The molecule has 0 aromatic rings. The van der Waals surface area contributed by atoms with E-state index in [1.54, 1.807) is 6.92 Å². The number of aliphatic hydroxyl groups is 2. The normalized spacial score (nSPS) is 43.2. The molecule has 4 heteroatoms. The van der Waals surface area contributed by atoms with Crippen molar-refractivity contribution in [3.05, 3.63) is 23.8 Å². The van der Waals surface area contributed by atoms with Crippen LogP contribution in [-0.2, 0) is 9.53 Å². The molecule has 1 fully saturated rings. The van der Waals surface area contributed by atoms with Crippen molar-refractivity contribution in [2.75, 3.05) is 0 Å². The zero-order valence-corrected chi connectivity index (χ0v) is 11.5. The fourth-order valence-electron chi connectivity index (χ4n) is 2.81. The lowest BCUT2D eigenvalue weighted by Crippen LogP contribution is -2.26. The minimum atomic E-state index is -0.722. The van der Waals surface area contributed by atoms with Crippen LogP contribution in [0.4, 0.5) is 0 Å². The first kappa shape index (κ1) is 14.3. The highest BCUT2D eigenvalue weighted by molar-refractivity contribution is 5.75. The van der Waals surface area contributed by atoms with Crippen molar-refractivity contribution in [1.29, 1.82) is 0 Å². The van der Waals surface area contributed by atoms with Crippen LogP contribution in [0.2, 0.25) is 0 Å². The molecule has 5 atom stereocenters. The van der Waals surface area contributed by atoms with E-state index in [1.165, 1.54) is 0 Å². The first-order valence-corrected chi connectivity index (χ1v) is 6.82. The van der Waals surface area contributed by atoms with Gasteiger partial charge in [0.05, 0.1) is 18.1 Å². The summed E-state index contributed by atoms with van der Waals surface area (Å²) in [5.74, 6) is -0.230. The predicted octanol–water partition coefficient (Wildman–Crippen LogP) is 1.57. The van der Waals surface area contributed by atoms with Gasteiger partial charge in [0.15, 0.2) is 0 Å². The maximum Gasteiger partial charge on any atom is 0.309 e. The molecule has 0 bridgehead atoms. The molecule has 0 unspecified atom stereocenters. The molecular formula is C15H22O4. The average Bonchev–Trinajstić information content (AvgIpc) is 2.61. The van der Waals surface area contributed by atoms with E-state index in [0.717, 1.165) is 17.6 Å². The SMILES string of the molecule is C=C1CC[C@@H]2[C@H](/C=C(/C)[C@@H](O)C[C@H]1O)OC(=O)[C@@H]2C. The lowest BCUT2D eigenvalue weighted by molar-refractivity contribution is -0.142. The van der Waals surface area contributed by atoms with Gasteiger partial charge in [-0.05, 0) is 37.0 Å². The lowest BCUT2D eigenvalue weighted by Gasteiger charge is -2.24. The number of hydrogen-bond donors (Lipinski definition) is 2. The molecule has 0 saturated carbocycles. The topological polar surface area (TPSA) is 66.8 Å². The van der Waals surface area contributed by atoms with E-state index in [-0.39, 0.29) is 30.3 Å². The molecule has 0 amide bonds. The van der Waals surface area contributed by atoms with Crippen LogP contribution in [0.15, 0.2) is 23.8 Å². The summed E-state index contributed by atoms with van der Waals surface area (Å²) >= 11 is 0. The van der Waals surface area contributed by atoms with Gasteiger partial charge in [-0.25, -0.2) is 0 Å². The van der Waals surface area contributed by atoms with Gasteiger partial charge >= 0.3 is 5.97 Å². The van der Waals surface area contributed by atoms with Crippen LogP contribution < -0.4 is 0 Å². The third kappa shape index (κ3) is 2.90. The third-order valence-corrected chi connectivity index (χ3v) is 4.36. The standard InChI is InChI=1S/C15H22O4/c1-8-4-5-11-10(3)15(18)19-14(11)6-9(2)13(17)7-12(8)16/h6,10-14,16-17H,1,4-5,7H2,2-3H3/b9-6-/t10-,11+,12-,13+,14+/m1/s1. The van der Waals surface area contributed by atoms with Crippen molar-refractivity contribution < 1.29 is 19.7 Å². The largest absolute Gasteiger partial charge is 0.458 e. The molecule has 19 heavy (non-hydrogen) atoms. The van der Waals surface area contributed by atoms with Gasteiger partial charge in [-0.2, -0.15) is 0 Å². The summed E-state index contributed by atoms with van der Waals surface area (Å²) in [6.45, 7) is 7.55. The van der Waals surface area contributed by atoms with Crippen LogP contribution in [0, 0.1) is 11.8 Å². The first-order valence-electron chi connectivity index (χ1n) is 6.82. The Morgan fingerprint density at radius 1 is 1.37 bits per heavy atom. The number of fused-ring (bicyclic) bond motifs is 1. The number of rotatable bonds is 0. The molecule has 2 N–H and O–H groups in total. The Morgan fingerprint density at radius 3 is 2.74 bits per heavy atom. The van der Waals surface area contributed by atoms with E-state index in [0.29, 0.717) is 6.42 Å². The zero-order chi connectivity index (χ0) is 14.2. The van der Waals surface area contributed by atoms with Crippen LogP contribution >= 0.6 is 0 Å². The molecular weight excluding hydrogens is 244 g/mol. The van der Waals surface area contributed by atoms with Crippen molar-refractivity contribution in [3.63, 3.8) is 0 Å². The van der Waals surface area contributed by atoms with Gasteiger partial charge < -0.3 is 14.9 Å². The van der Waals surface area contributed by atoms with Crippen LogP contribution in [0.5, 0.6) is 0 Å². The Kier molecular flexibility index (Phi) is 4.11. The molecule has 1 aliphatic carbocycles. The van der Waals surface area contributed by atoms with Gasteiger partial charge in [0.1, 0.15) is 6.10 Å². The maximum absolute atomic E-state index is 11.7. The summed E-state index contributed by atoms with van der Waals surface area (Å²) < 4.78 is 5.37. The van der Waals surface area contributed by atoms with Crippen molar-refractivity contribution in [2.45, 2.75) is 51.4 Å². The third-order valence-electron chi connectivity index (χ3n) is 4.36. The van der Waals surface area contributed by atoms with E-state index < -0.39 is 12.2 Å². The molecule has 2 rings (SSSR count). The quantitative estimate of drug-likeness (QED) is 0.516. The van der Waals surface area contributed by atoms with Gasteiger partial charge in [0.25, 0.3) is 0 Å². The molecule has 0 aromatic heterocycles. The number of carbonyl (C=O) groups excluding carboxylic acids is 1. The predicted molar refractivity (Wildman–Crippen MR) is 71.3 cm³/mol. The second kappa shape index (κ2) is 5.47. The zero-order valence-electron chi connectivity index (χ0n) is 11.5. The fraction of sp³-hybridized carbons (Fsp3) is 0.667. The van der Waals surface area contributed by atoms with Crippen LogP contribution in [-0.4, -0.2) is 34.5 Å². The molecule has 0 spiro atoms. The Balaban J connectivity index is 2.27. The van der Waals surface area contributed by atoms with Crippen LogP contribution in [0.25, 0.3) is 0 Å². The smallest absolute Gasteiger partial charge is 0.309 e. The highest BCUT2D eigenvalue weighted by atomic mass is 16.6. The number of carbonyl (C=O) groups is 1. The number of aliphatic hydroxyl groups excluding tert-OH is 2. The number of ether oxygens (including phenoxy) is 1. The molecule has 106 valence electrons. The summed E-state index contributed by atoms with van der Waals surface area (Å²) in [7, 11) is 0. The molecule has 0 aromatic carbocycles. The average molecular weight is 266 g/mol. The van der Waals surface area contributed by atoms with Gasteiger partial charge in [-0.15, -0.1) is 0 Å². The summed E-state index contributed by atoms with van der Waals surface area (Å²) in [6, 6.07) is 0. The van der Waals surface area contributed by atoms with E-state index in [4.69, 9.17) is 4.74 Å². The van der Waals surface area contributed by atoms with Gasteiger partial charge in [0, 0.05) is 12.3 Å². The van der Waals surface area contributed by atoms with Gasteiger partial charge in [-0.1, -0.05) is 13.5 Å². The Labute approximate surface area is 113 Å². The Morgan fingerprint density at radius 2 is 2.05 bits per heavy atom. The maximum atomic E-state index is 11.7. The monoisotopic (exact) mass is 266 g/mol. The fourth-order valence-corrected chi connectivity index (χ4v) is 2.81. The minimum absolute atomic E-state index is 0.0942. The summed E-state index contributed by atoms with van der Waals surface area (Å²) in [5, 5.41) is 20.0. The summed E-state index contributed by atoms with van der Waals surface area (Å²) in [4.78, 5) is 11.7. The molecule has 0 radical (unpaired) electrons. The second-order valence-electron chi connectivity index (χ2n) is 5.73. The summed E-state index contributed by atoms with van der Waals surface area (Å²) in [5.41, 5.74) is 1.46. The molecule has 2 aliphatic rings. The van der Waals surface area contributed by atoms with Crippen LogP contribution in [0.1, 0.15) is 33.1 Å². The molecule has 4 nitrogen and oxygen atoms in total. The van der Waals surface area contributed by atoms with Crippen molar-refractivity contribution in [1.82, 2.24) is 0 Å². The Hall–Kier alpha value is -1.13. The number of esters is 1. The van der Waals surface area contributed by atoms with Gasteiger partial charge in [-0.3, -0.25) is 4.79 Å². The van der Waals surface area contributed by atoms with Gasteiger partial charge in [0.2, 0.25) is 0 Å². The van der Waals surface area contributed by atoms with E-state index >= 15 is 0 Å². The minimum Gasteiger partial charge on any atom is -0.458 e. The van der Waals surface area contributed by atoms with Crippen LogP contribution in [0.3, 0.4) is 0 Å². The highest BCUT2D eigenvalue weighted by Gasteiger charge is 2.41. The van der Waals surface area contributed by atoms with Crippen molar-refractivity contribution in [3.8, 4) is 0 Å². The first-order chi connectivity index (χ1) is 8.90. The molecule has 1 saturated heterocycles. The highest BCUT2D eigenvalue weighted by Crippen LogP contribution is 2.35. The van der Waals surface area contributed by atoms with E-state index in [1.807, 2.05) is 13.0 Å². The lowest BCUT2D eigenvalue weighted by atomic mass is 9.83. The molecule has 1 aliphatic heterocycles. The Bertz CT molecular complexity index is 412. The number of hydrogen-bond acceptors (Lipinski definition) is 4. The van der Waals surface area contributed by atoms with E-state index in [2.05, 4.69) is 6.58 Å². The summed E-state index contributed by atoms with van der Waals surface area (Å²) in [6.07, 6.45) is 1.83.